The molecule has 0 bridgehead atoms. The molecule has 0 saturated heterocycles. The Morgan fingerprint density at radius 3 is 1.30 bits per heavy atom. The summed E-state index contributed by atoms with van der Waals surface area (Å²) in [6.45, 7) is 0. The van der Waals surface area contributed by atoms with Crippen molar-refractivity contribution in [3.05, 3.63) is 0 Å². The van der Waals surface area contributed by atoms with Crippen molar-refractivity contribution in [3.8, 4) is 0 Å². The van der Waals surface area contributed by atoms with E-state index in [9.17, 15) is 9.59 Å². The van der Waals surface area contributed by atoms with E-state index in [0.717, 1.165) is 38.3 Å². The molecule has 10 heavy (non-hydrogen) atoms. The zero-order valence-corrected chi connectivity index (χ0v) is 5.95. The monoisotopic (exact) mass is 140 g/mol. The van der Waals surface area contributed by atoms with Gasteiger partial charge < -0.3 is 9.59 Å². The second-order valence-corrected chi connectivity index (χ2v) is 2.95. The minimum Gasteiger partial charge on any atom is -0.303 e. The lowest BCUT2D eigenvalue weighted by molar-refractivity contribution is -0.115. The molecule has 1 aliphatic rings. The smallest absolute Gasteiger partial charge is 0.123 e. The summed E-state index contributed by atoms with van der Waals surface area (Å²) in [5, 5.41) is 0. The number of hydrogen-bond acceptors (Lipinski definition) is 2. The highest BCUT2D eigenvalue weighted by atomic mass is 16.1. The number of carbonyl (C=O) groups excluding carboxylic acids is 2. The molecule has 0 aliphatic heterocycles. The van der Waals surface area contributed by atoms with E-state index in [1.54, 1.807) is 0 Å². The zero-order chi connectivity index (χ0) is 7.40. The zero-order valence-electron chi connectivity index (χ0n) is 5.95. The molecule has 1 rings (SSSR count). The Morgan fingerprint density at radius 1 is 0.800 bits per heavy atom. The lowest BCUT2D eigenvalue weighted by Crippen LogP contribution is -2.15. The van der Waals surface area contributed by atoms with E-state index in [-0.39, 0.29) is 11.8 Å². The van der Waals surface area contributed by atoms with Crippen molar-refractivity contribution in [1.29, 1.82) is 0 Å². The van der Waals surface area contributed by atoms with Crippen molar-refractivity contribution in [2.75, 3.05) is 0 Å². The second-order valence-electron chi connectivity index (χ2n) is 2.95. The van der Waals surface area contributed by atoms with Gasteiger partial charge in [0.2, 0.25) is 0 Å². The first-order chi connectivity index (χ1) is 4.86. The third-order valence-corrected chi connectivity index (χ3v) is 2.20. The molecule has 0 radical (unpaired) electrons. The summed E-state index contributed by atoms with van der Waals surface area (Å²) in [6, 6.07) is 0. The van der Waals surface area contributed by atoms with Gasteiger partial charge in [0.25, 0.3) is 0 Å². The standard InChI is InChI=1S/C8H12O2/c9-5-7-1-2-8(6-10)4-3-7/h5-8H,1-4H2/t7-,8+. The van der Waals surface area contributed by atoms with Crippen LogP contribution in [0, 0.1) is 11.8 Å². The second kappa shape index (κ2) is 3.49. The van der Waals surface area contributed by atoms with Gasteiger partial charge in [-0.2, -0.15) is 0 Å². The summed E-state index contributed by atoms with van der Waals surface area (Å²) in [4.78, 5) is 20.5. The van der Waals surface area contributed by atoms with Crippen LogP contribution < -0.4 is 0 Å². The minimum absolute atomic E-state index is 0.233. The lowest BCUT2D eigenvalue weighted by Gasteiger charge is -2.20. The molecule has 56 valence electrons. The van der Waals surface area contributed by atoms with Crippen LogP contribution in [0.4, 0.5) is 0 Å². The number of rotatable bonds is 2. The van der Waals surface area contributed by atoms with Gasteiger partial charge in [-0.3, -0.25) is 0 Å². The van der Waals surface area contributed by atoms with Gasteiger partial charge in [0.05, 0.1) is 0 Å². The van der Waals surface area contributed by atoms with Gasteiger partial charge in [-0.1, -0.05) is 0 Å². The highest BCUT2D eigenvalue weighted by molar-refractivity contribution is 5.56. The number of aldehydes is 2. The Morgan fingerprint density at radius 2 is 1.10 bits per heavy atom. The minimum atomic E-state index is 0.233. The Hall–Kier alpha value is -0.660. The Kier molecular flexibility index (Phi) is 2.60. The molecule has 0 N–H and O–H groups in total. The lowest BCUT2D eigenvalue weighted by atomic mass is 9.84. The Bertz CT molecular complexity index is 107. The van der Waals surface area contributed by atoms with E-state index >= 15 is 0 Å². The molecule has 1 fully saturated rings. The number of carbonyl (C=O) groups is 2. The van der Waals surface area contributed by atoms with Gasteiger partial charge in [0.15, 0.2) is 0 Å². The first-order valence-corrected chi connectivity index (χ1v) is 3.77. The van der Waals surface area contributed by atoms with Gasteiger partial charge >= 0.3 is 0 Å². The van der Waals surface area contributed by atoms with Crippen LogP contribution >= 0.6 is 0 Å². The molecule has 0 amide bonds. The van der Waals surface area contributed by atoms with Crippen LogP contribution in [0.1, 0.15) is 25.7 Å². The summed E-state index contributed by atoms with van der Waals surface area (Å²) in [7, 11) is 0. The van der Waals surface area contributed by atoms with Crippen molar-refractivity contribution >= 4 is 12.6 Å². The first-order valence-electron chi connectivity index (χ1n) is 3.77. The largest absolute Gasteiger partial charge is 0.303 e. The molecule has 1 aliphatic carbocycles. The van der Waals surface area contributed by atoms with Crippen molar-refractivity contribution in [1.82, 2.24) is 0 Å². The van der Waals surface area contributed by atoms with E-state index in [1.807, 2.05) is 0 Å². The highest BCUT2D eigenvalue weighted by Crippen LogP contribution is 2.25. The molecule has 0 atom stereocenters. The van der Waals surface area contributed by atoms with E-state index in [4.69, 9.17) is 0 Å². The Balaban J connectivity index is 2.30. The van der Waals surface area contributed by atoms with Crippen molar-refractivity contribution in [3.63, 3.8) is 0 Å². The molecule has 2 nitrogen and oxygen atoms in total. The van der Waals surface area contributed by atoms with E-state index in [1.165, 1.54) is 0 Å². The molecule has 0 spiro atoms. The third kappa shape index (κ3) is 1.66. The number of hydrogen-bond donors (Lipinski definition) is 0. The van der Waals surface area contributed by atoms with Crippen LogP contribution in [-0.2, 0) is 9.59 Å². The van der Waals surface area contributed by atoms with Crippen molar-refractivity contribution < 1.29 is 9.59 Å². The Labute approximate surface area is 60.6 Å². The van der Waals surface area contributed by atoms with Gasteiger partial charge in [0, 0.05) is 11.8 Å². The van der Waals surface area contributed by atoms with E-state index in [0.29, 0.717) is 0 Å². The van der Waals surface area contributed by atoms with Crippen molar-refractivity contribution in [2.24, 2.45) is 11.8 Å². The van der Waals surface area contributed by atoms with Crippen LogP contribution in [0.15, 0.2) is 0 Å². The fourth-order valence-corrected chi connectivity index (χ4v) is 1.42. The van der Waals surface area contributed by atoms with Crippen LogP contribution in [0.5, 0.6) is 0 Å². The van der Waals surface area contributed by atoms with E-state index in [2.05, 4.69) is 0 Å². The van der Waals surface area contributed by atoms with Crippen LogP contribution in [0.3, 0.4) is 0 Å². The fourth-order valence-electron chi connectivity index (χ4n) is 1.42. The van der Waals surface area contributed by atoms with Gasteiger partial charge in [0.1, 0.15) is 12.6 Å². The molecule has 0 unspecified atom stereocenters. The van der Waals surface area contributed by atoms with Crippen LogP contribution in [0.25, 0.3) is 0 Å². The predicted octanol–water partition coefficient (Wildman–Crippen LogP) is 1.19. The highest BCUT2D eigenvalue weighted by Gasteiger charge is 2.19. The third-order valence-electron chi connectivity index (χ3n) is 2.20. The molecule has 0 aromatic rings. The average molecular weight is 140 g/mol. The predicted molar refractivity (Wildman–Crippen MR) is 37.6 cm³/mol. The molecule has 1 saturated carbocycles. The van der Waals surface area contributed by atoms with Crippen LogP contribution in [-0.4, -0.2) is 12.6 Å². The maximum Gasteiger partial charge on any atom is 0.123 e. The van der Waals surface area contributed by atoms with Crippen molar-refractivity contribution in [2.45, 2.75) is 25.7 Å². The van der Waals surface area contributed by atoms with Crippen LogP contribution in [0.2, 0.25) is 0 Å². The molecular weight excluding hydrogens is 128 g/mol. The topological polar surface area (TPSA) is 34.1 Å². The molecule has 0 aromatic carbocycles. The molecular formula is C8H12O2. The SMILES string of the molecule is O=C[C@H]1CC[C@@H](C=O)CC1. The maximum absolute atomic E-state index is 10.3. The summed E-state index contributed by atoms with van der Waals surface area (Å²) < 4.78 is 0. The molecule has 0 aromatic heterocycles. The normalized spacial score (nSPS) is 33.2. The summed E-state index contributed by atoms with van der Waals surface area (Å²) >= 11 is 0. The van der Waals surface area contributed by atoms with Gasteiger partial charge in [-0.05, 0) is 25.7 Å². The summed E-state index contributed by atoms with van der Waals surface area (Å²) in [5.74, 6) is 0.465. The molecule has 0 heterocycles. The van der Waals surface area contributed by atoms with Gasteiger partial charge in [-0.15, -0.1) is 0 Å². The quantitative estimate of drug-likeness (QED) is 0.540. The summed E-state index contributed by atoms with van der Waals surface area (Å²) in [6.07, 6.45) is 5.67. The van der Waals surface area contributed by atoms with E-state index < -0.39 is 0 Å². The van der Waals surface area contributed by atoms with Gasteiger partial charge in [-0.25, -0.2) is 0 Å². The summed E-state index contributed by atoms with van der Waals surface area (Å²) in [5.41, 5.74) is 0. The maximum atomic E-state index is 10.3. The first kappa shape index (κ1) is 7.45. The molecule has 2 heteroatoms. The average Bonchev–Trinajstić information content (AvgIpc) is 2.05. The fraction of sp³-hybridized carbons (Fsp3) is 0.750.